The highest BCUT2D eigenvalue weighted by Gasteiger charge is 2.15. The van der Waals surface area contributed by atoms with Crippen LogP contribution in [0.2, 0.25) is 0 Å². The van der Waals surface area contributed by atoms with Crippen LogP contribution in [0.3, 0.4) is 0 Å². The van der Waals surface area contributed by atoms with E-state index in [0.717, 1.165) is 5.56 Å². The first-order valence-electron chi connectivity index (χ1n) is 4.54. The fourth-order valence-electron chi connectivity index (χ4n) is 1.12. The molecule has 0 bridgehead atoms. The average molecular weight is 215 g/mol. The van der Waals surface area contributed by atoms with E-state index in [2.05, 4.69) is 4.72 Å². The van der Waals surface area contributed by atoms with Crippen molar-refractivity contribution in [1.82, 2.24) is 4.72 Å². The first-order chi connectivity index (χ1) is 6.42. The highest BCUT2D eigenvalue weighted by Crippen LogP contribution is 2.44. The molecule has 0 aromatic heterocycles. The lowest BCUT2D eigenvalue weighted by Gasteiger charge is -2.34. The molecule has 0 aliphatic heterocycles. The van der Waals surface area contributed by atoms with Gasteiger partial charge in [0.15, 0.2) is 0 Å². The van der Waals surface area contributed by atoms with Gasteiger partial charge in [0.1, 0.15) is 0 Å². The van der Waals surface area contributed by atoms with Gasteiger partial charge in [-0.3, -0.25) is 9.11 Å². The SMILES string of the molecule is Cc1ccc(S(O)(O)NC(C)C)cc1. The second-order valence-corrected chi connectivity index (χ2v) is 5.44. The van der Waals surface area contributed by atoms with E-state index in [1.165, 1.54) is 0 Å². The van der Waals surface area contributed by atoms with E-state index in [1.807, 2.05) is 32.9 Å². The molecule has 0 fully saturated rings. The van der Waals surface area contributed by atoms with Crippen LogP contribution in [0, 0.1) is 6.92 Å². The van der Waals surface area contributed by atoms with Crippen molar-refractivity contribution in [1.29, 1.82) is 0 Å². The van der Waals surface area contributed by atoms with Crippen molar-refractivity contribution in [3.05, 3.63) is 29.8 Å². The molecule has 14 heavy (non-hydrogen) atoms. The lowest BCUT2D eigenvalue weighted by Crippen LogP contribution is -2.26. The van der Waals surface area contributed by atoms with Crippen LogP contribution in [0.25, 0.3) is 0 Å². The van der Waals surface area contributed by atoms with E-state index in [1.54, 1.807) is 12.1 Å². The van der Waals surface area contributed by atoms with E-state index in [9.17, 15) is 9.11 Å². The van der Waals surface area contributed by atoms with Crippen molar-refractivity contribution in [2.75, 3.05) is 0 Å². The molecule has 0 heterocycles. The van der Waals surface area contributed by atoms with Crippen molar-refractivity contribution in [2.24, 2.45) is 0 Å². The number of rotatable bonds is 3. The highest BCUT2D eigenvalue weighted by molar-refractivity contribution is 8.22. The summed E-state index contributed by atoms with van der Waals surface area (Å²) < 4.78 is 22.3. The Balaban J connectivity index is 2.86. The Kier molecular flexibility index (Phi) is 3.55. The quantitative estimate of drug-likeness (QED) is 0.726. The second-order valence-electron chi connectivity index (χ2n) is 3.63. The third-order valence-corrected chi connectivity index (χ3v) is 3.48. The molecule has 0 saturated heterocycles. The zero-order chi connectivity index (χ0) is 10.8. The molecule has 0 atom stereocenters. The van der Waals surface area contributed by atoms with Gasteiger partial charge in [0.2, 0.25) is 0 Å². The fraction of sp³-hybridized carbons (Fsp3) is 0.400. The lowest BCUT2D eigenvalue weighted by atomic mass is 10.2. The Morgan fingerprint density at radius 2 is 1.64 bits per heavy atom. The molecule has 1 aromatic rings. The standard InChI is InChI=1S/C10H17NO2S/c1-8(2)11-14(12,13)10-6-4-9(3)5-7-10/h4-8,11-13H,1-3H3. The topological polar surface area (TPSA) is 52.5 Å². The minimum Gasteiger partial charge on any atom is -0.282 e. The maximum absolute atomic E-state index is 9.77. The molecule has 80 valence electrons. The zero-order valence-corrected chi connectivity index (χ0v) is 9.51. The van der Waals surface area contributed by atoms with Crippen LogP contribution in [0.4, 0.5) is 0 Å². The Hall–Kier alpha value is -0.550. The summed E-state index contributed by atoms with van der Waals surface area (Å²) in [4.78, 5) is 0.539. The van der Waals surface area contributed by atoms with Gasteiger partial charge in [-0.05, 0) is 32.9 Å². The van der Waals surface area contributed by atoms with Gasteiger partial charge in [-0.15, -0.1) is 10.8 Å². The fourth-order valence-corrected chi connectivity index (χ4v) is 2.43. The smallest absolute Gasteiger partial charge is 0.0750 e. The summed E-state index contributed by atoms with van der Waals surface area (Å²) in [6, 6.07) is 7.25. The molecule has 0 radical (unpaired) electrons. The van der Waals surface area contributed by atoms with E-state index >= 15 is 0 Å². The van der Waals surface area contributed by atoms with Crippen LogP contribution in [0.1, 0.15) is 19.4 Å². The van der Waals surface area contributed by atoms with Crippen molar-refractivity contribution in [2.45, 2.75) is 31.7 Å². The molecular weight excluding hydrogens is 198 g/mol. The number of hydrogen-bond donors (Lipinski definition) is 3. The highest BCUT2D eigenvalue weighted by atomic mass is 32.3. The molecule has 3 nitrogen and oxygen atoms in total. The maximum Gasteiger partial charge on any atom is 0.0750 e. The number of nitrogens with one attached hydrogen (secondary N) is 1. The summed E-state index contributed by atoms with van der Waals surface area (Å²) in [6.07, 6.45) is 0. The normalized spacial score (nSPS) is 13.3. The first-order valence-corrected chi connectivity index (χ1v) is 6.08. The molecule has 0 spiro atoms. The van der Waals surface area contributed by atoms with Crippen LogP contribution in [0.15, 0.2) is 29.2 Å². The summed E-state index contributed by atoms with van der Waals surface area (Å²) in [7, 11) is -2.83. The minimum atomic E-state index is -2.83. The summed E-state index contributed by atoms with van der Waals surface area (Å²) in [5.41, 5.74) is 1.11. The monoisotopic (exact) mass is 215 g/mol. The van der Waals surface area contributed by atoms with Gasteiger partial charge >= 0.3 is 0 Å². The third kappa shape index (κ3) is 2.99. The largest absolute Gasteiger partial charge is 0.282 e. The van der Waals surface area contributed by atoms with Crippen molar-refractivity contribution < 1.29 is 9.11 Å². The van der Waals surface area contributed by atoms with Gasteiger partial charge in [0.25, 0.3) is 0 Å². The van der Waals surface area contributed by atoms with E-state index < -0.39 is 10.8 Å². The Morgan fingerprint density at radius 3 is 2.07 bits per heavy atom. The first kappa shape index (κ1) is 11.5. The van der Waals surface area contributed by atoms with Crippen LogP contribution in [0.5, 0.6) is 0 Å². The predicted octanol–water partition coefficient (Wildman–Crippen LogP) is 3.02. The predicted molar refractivity (Wildman–Crippen MR) is 60.6 cm³/mol. The van der Waals surface area contributed by atoms with Gasteiger partial charge < -0.3 is 0 Å². The molecule has 0 unspecified atom stereocenters. The lowest BCUT2D eigenvalue weighted by molar-refractivity contribution is 0.461. The van der Waals surface area contributed by atoms with Gasteiger partial charge in [-0.1, -0.05) is 17.7 Å². The van der Waals surface area contributed by atoms with Crippen LogP contribution >= 0.6 is 10.8 Å². The Morgan fingerprint density at radius 1 is 1.14 bits per heavy atom. The molecule has 0 aliphatic rings. The molecule has 0 amide bonds. The number of benzene rings is 1. The number of hydrogen-bond acceptors (Lipinski definition) is 3. The van der Waals surface area contributed by atoms with E-state index in [0.29, 0.717) is 4.90 Å². The molecule has 0 saturated carbocycles. The molecule has 3 N–H and O–H groups in total. The Labute approximate surface area is 86.6 Å². The van der Waals surface area contributed by atoms with Crippen molar-refractivity contribution in [3.63, 3.8) is 0 Å². The molecule has 0 aliphatic carbocycles. The zero-order valence-electron chi connectivity index (χ0n) is 8.69. The average Bonchev–Trinajstić information content (AvgIpc) is 2.02. The van der Waals surface area contributed by atoms with Crippen molar-refractivity contribution >= 4 is 10.8 Å². The minimum absolute atomic E-state index is 0.0429. The second kappa shape index (κ2) is 4.31. The van der Waals surface area contributed by atoms with E-state index in [4.69, 9.17) is 0 Å². The summed E-state index contributed by atoms with van der Waals surface area (Å²) in [6.45, 7) is 5.72. The molecule has 4 heteroatoms. The molecule has 1 rings (SSSR count). The van der Waals surface area contributed by atoms with Crippen molar-refractivity contribution in [3.8, 4) is 0 Å². The van der Waals surface area contributed by atoms with Gasteiger partial charge in [-0.25, -0.2) is 4.72 Å². The van der Waals surface area contributed by atoms with Crippen LogP contribution < -0.4 is 4.72 Å². The van der Waals surface area contributed by atoms with Gasteiger partial charge in [0, 0.05) is 6.04 Å². The Bertz CT molecular complexity index is 295. The summed E-state index contributed by atoms with van der Waals surface area (Å²) in [5.74, 6) is 0. The molecule has 1 aromatic carbocycles. The summed E-state index contributed by atoms with van der Waals surface area (Å²) in [5, 5.41) is 0. The number of aryl methyl sites for hydroxylation is 1. The van der Waals surface area contributed by atoms with Gasteiger partial charge in [0.05, 0.1) is 4.90 Å². The van der Waals surface area contributed by atoms with Crippen LogP contribution in [-0.2, 0) is 0 Å². The van der Waals surface area contributed by atoms with E-state index in [-0.39, 0.29) is 6.04 Å². The molecular formula is C10H17NO2S. The van der Waals surface area contributed by atoms with Crippen LogP contribution in [-0.4, -0.2) is 15.1 Å². The third-order valence-electron chi connectivity index (χ3n) is 1.75. The van der Waals surface area contributed by atoms with Gasteiger partial charge in [-0.2, -0.15) is 0 Å². The summed E-state index contributed by atoms with van der Waals surface area (Å²) >= 11 is 0. The maximum atomic E-state index is 9.77.